The van der Waals surface area contributed by atoms with Crippen LogP contribution in [0, 0.1) is 0 Å². The van der Waals surface area contributed by atoms with Gasteiger partial charge in [-0.1, -0.05) is 6.07 Å². The number of cyclic esters (lactones) is 1. The lowest BCUT2D eigenvalue weighted by Gasteiger charge is -2.36. The first kappa shape index (κ1) is 18.3. The van der Waals surface area contributed by atoms with Gasteiger partial charge in [-0.15, -0.1) is 0 Å². The maximum atomic E-state index is 12.6. The quantitative estimate of drug-likeness (QED) is 0.792. The van der Waals surface area contributed by atoms with Gasteiger partial charge in [-0.2, -0.15) is 0 Å². The molecule has 0 aliphatic carbocycles. The number of hydrogen-bond acceptors (Lipinski definition) is 7. The van der Waals surface area contributed by atoms with Crippen molar-refractivity contribution in [2.24, 2.45) is 5.73 Å². The molecule has 2 fully saturated rings. The number of carbonyl (C=O) groups excluding carboxylic acids is 2. The zero-order valence-electron chi connectivity index (χ0n) is 15.0. The standard InChI is InChI=1S/C18H24N2O6/c1-23-14-4-3-12(9-15(14)24-2)13(19)10-16(21)20-7-5-18(6-8-20)11-25-17(22)26-18/h3-4,9,13H,5-8,10-11,19H2,1-2H3/t13-/m0/s1. The van der Waals surface area contributed by atoms with Crippen LogP contribution in [0.2, 0.25) is 0 Å². The molecule has 2 saturated heterocycles. The molecule has 8 heteroatoms. The average molecular weight is 364 g/mol. The third kappa shape index (κ3) is 3.70. The Kier molecular flexibility index (Phi) is 5.22. The van der Waals surface area contributed by atoms with Gasteiger partial charge in [-0.05, 0) is 17.7 Å². The van der Waals surface area contributed by atoms with E-state index < -0.39 is 17.8 Å². The van der Waals surface area contributed by atoms with Crippen LogP contribution in [0.25, 0.3) is 0 Å². The molecule has 0 aromatic heterocycles. The average Bonchev–Trinajstić information content (AvgIpc) is 3.01. The summed E-state index contributed by atoms with van der Waals surface area (Å²) < 4.78 is 20.7. The topological polar surface area (TPSA) is 100 Å². The molecular formula is C18H24N2O6. The summed E-state index contributed by atoms with van der Waals surface area (Å²) in [6, 6.07) is 4.96. The lowest BCUT2D eigenvalue weighted by Crippen LogP contribution is -2.48. The number of piperidine rings is 1. The van der Waals surface area contributed by atoms with Crippen molar-refractivity contribution in [3.8, 4) is 11.5 Å². The van der Waals surface area contributed by atoms with Crippen molar-refractivity contribution in [1.82, 2.24) is 4.90 Å². The number of carbonyl (C=O) groups is 2. The number of amides is 1. The zero-order chi connectivity index (χ0) is 18.7. The maximum absolute atomic E-state index is 12.6. The van der Waals surface area contributed by atoms with Gasteiger partial charge in [0.25, 0.3) is 0 Å². The minimum absolute atomic E-state index is 0.0209. The van der Waals surface area contributed by atoms with Gasteiger partial charge in [0.05, 0.1) is 14.2 Å². The maximum Gasteiger partial charge on any atom is 0.509 e. The van der Waals surface area contributed by atoms with E-state index in [1.165, 1.54) is 0 Å². The van der Waals surface area contributed by atoms with Crippen molar-refractivity contribution >= 4 is 12.1 Å². The van der Waals surface area contributed by atoms with Gasteiger partial charge in [-0.25, -0.2) is 4.79 Å². The molecule has 2 N–H and O–H groups in total. The summed E-state index contributed by atoms with van der Waals surface area (Å²) in [6.07, 6.45) is 0.727. The monoisotopic (exact) mass is 364 g/mol. The van der Waals surface area contributed by atoms with E-state index in [4.69, 9.17) is 24.7 Å². The molecule has 8 nitrogen and oxygen atoms in total. The molecule has 2 aliphatic heterocycles. The summed E-state index contributed by atoms with van der Waals surface area (Å²) in [6.45, 7) is 1.31. The normalized spacial score (nSPS) is 19.7. The molecule has 1 amide bonds. The Balaban J connectivity index is 1.57. The third-order valence-corrected chi connectivity index (χ3v) is 5.01. The van der Waals surface area contributed by atoms with E-state index in [9.17, 15) is 9.59 Å². The van der Waals surface area contributed by atoms with E-state index in [0.29, 0.717) is 37.4 Å². The highest BCUT2D eigenvalue weighted by atomic mass is 16.8. The van der Waals surface area contributed by atoms with Crippen LogP contribution < -0.4 is 15.2 Å². The predicted octanol–water partition coefficient (Wildman–Crippen LogP) is 1.62. The number of hydrogen-bond donors (Lipinski definition) is 1. The largest absolute Gasteiger partial charge is 0.509 e. The Labute approximate surface area is 152 Å². The predicted molar refractivity (Wildman–Crippen MR) is 92.1 cm³/mol. The Bertz CT molecular complexity index is 684. The molecule has 0 unspecified atom stereocenters. The molecule has 0 radical (unpaired) electrons. The fraction of sp³-hybridized carbons (Fsp3) is 0.556. The van der Waals surface area contributed by atoms with Crippen molar-refractivity contribution in [3.05, 3.63) is 23.8 Å². The summed E-state index contributed by atoms with van der Waals surface area (Å²) in [7, 11) is 3.12. The molecule has 1 aromatic rings. The number of rotatable bonds is 5. The smallest absolute Gasteiger partial charge is 0.493 e. The van der Waals surface area contributed by atoms with Crippen molar-refractivity contribution in [3.63, 3.8) is 0 Å². The van der Waals surface area contributed by atoms with Gasteiger partial charge in [0.2, 0.25) is 5.91 Å². The van der Waals surface area contributed by atoms with E-state index >= 15 is 0 Å². The van der Waals surface area contributed by atoms with Gasteiger partial charge < -0.3 is 29.6 Å². The van der Waals surface area contributed by atoms with Gasteiger partial charge in [0, 0.05) is 38.4 Å². The Morgan fingerprint density at radius 3 is 2.54 bits per heavy atom. The van der Waals surface area contributed by atoms with Gasteiger partial charge in [0.1, 0.15) is 6.61 Å². The van der Waals surface area contributed by atoms with Crippen LogP contribution in [0.1, 0.15) is 30.9 Å². The molecular weight excluding hydrogens is 340 g/mol. The Hall–Kier alpha value is -2.48. The highest BCUT2D eigenvalue weighted by Gasteiger charge is 2.45. The Morgan fingerprint density at radius 1 is 1.27 bits per heavy atom. The molecule has 0 bridgehead atoms. The van der Waals surface area contributed by atoms with E-state index in [0.717, 1.165) is 5.56 Å². The second-order valence-corrected chi connectivity index (χ2v) is 6.63. The molecule has 1 spiro atoms. The lowest BCUT2D eigenvalue weighted by molar-refractivity contribution is -0.135. The first-order valence-corrected chi connectivity index (χ1v) is 8.57. The van der Waals surface area contributed by atoms with Gasteiger partial charge >= 0.3 is 6.16 Å². The summed E-state index contributed by atoms with van der Waals surface area (Å²) in [5.41, 5.74) is 6.46. The molecule has 2 heterocycles. The minimum Gasteiger partial charge on any atom is -0.493 e. The fourth-order valence-corrected chi connectivity index (χ4v) is 3.35. The number of nitrogens with zero attached hydrogens (tertiary/aromatic N) is 1. The lowest BCUT2D eigenvalue weighted by atomic mass is 9.92. The molecule has 0 saturated carbocycles. The molecule has 142 valence electrons. The number of methoxy groups -OCH3 is 2. The van der Waals surface area contributed by atoms with E-state index in [1.807, 2.05) is 6.07 Å². The molecule has 26 heavy (non-hydrogen) atoms. The van der Waals surface area contributed by atoms with Gasteiger partial charge in [-0.3, -0.25) is 4.79 Å². The zero-order valence-corrected chi connectivity index (χ0v) is 15.0. The van der Waals surface area contributed by atoms with E-state index in [2.05, 4.69) is 0 Å². The molecule has 1 atom stereocenters. The van der Waals surface area contributed by atoms with Crippen LogP contribution in [0.3, 0.4) is 0 Å². The first-order valence-electron chi connectivity index (χ1n) is 8.57. The summed E-state index contributed by atoms with van der Waals surface area (Å²) in [5.74, 6) is 1.17. The number of ether oxygens (including phenoxy) is 4. The number of nitrogens with two attached hydrogens (primary N) is 1. The first-order chi connectivity index (χ1) is 12.5. The van der Waals surface area contributed by atoms with Crippen LogP contribution in [-0.2, 0) is 14.3 Å². The van der Waals surface area contributed by atoms with Crippen molar-refractivity contribution in [2.75, 3.05) is 33.9 Å². The summed E-state index contributed by atoms with van der Waals surface area (Å²) in [5, 5.41) is 0. The fourth-order valence-electron chi connectivity index (χ4n) is 3.35. The summed E-state index contributed by atoms with van der Waals surface area (Å²) in [4.78, 5) is 25.5. The second kappa shape index (κ2) is 7.41. The van der Waals surface area contributed by atoms with E-state index in [-0.39, 0.29) is 18.9 Å². The van der Waals surface area contributed by atoms with Crippen molar-refractivity contribution in [1.29, 1.82) is 0 Å². The van der Waals surface area contributed by atoms with Crippen LogP contribution >= 0.6 is 0 Å². The Morgan fingerprint density at radius 2 is 1.96 bits per heavy atom. The van der Waals surface area contributed by atoms with Crippen LogP contribution in [0.4, 0.5) is 4.79 Å². The van der Waals surface area contributed by atoms with Crippen molar-refractivity contribution < 1.29 is 28.5 Å². The number of benzene rings is 1. The molecule has 3 rings (SSSR count). The second-order valence-electron chi connectivity index (χ2n) is 6.63. The van der Waals surface area contributed by atoms with E-state index in [1.54, 1.807) is 31.3 Å². The SMILES string of the molecule is COc1ccc([C@@H](N)CC(=O)N2CCC3(CC2)COC(=O)O3)cc1OC. The van der Waals surface area contributed by atoms with Crippen LogP contribution in [0.5, 0.6) is 11.5 Å². The highest BCUT2D eigenvalue weighted by Crippen LogP contribution is 2.33. The van der Waals surface area contributed by atoms with Crippen LogP contribution in [-0.4, -0.2) is 56.5 Å². The third-order valence-electron chi connectivity index (χ3n) is 5.01. The van der Waals surface area contributed by atoms with Crippen molar-refractivity contribution in [2.45, 2.75) is 30.9 Å². The minimum atomic E-state index is -0.625. The van der Waals surface area contributed by atoms with Gasteiger partial charge in [0.15, 0.2) is 17.1 Å². The molecule has 2 aliphatic rings. The molecule has 1 aromatic carbocycles. The number of likely N-dealkylation sites (tertiary alicyclic amines) is 1. The van der Waals surface area contributed by atoms with Crippen LogP contribution in [0.15, 0.2) is 18.2 Å². The highest BCUT2D eigenvalue weighted by molar-refractivity contribution is 5.77. The summed E-state index contributed by atoms with van der Waals surface area (Å²) >= 11 is 0.